The number of sulfone groups is 1. The van der Waals surface area contributed by atoms with Gasteiger partial charge in [0.1, 0.15) is 11.9 Å². The van der Waals surface area contributed by atoms with Crippen molar-refractivity contribution in [1.82, 2.24) is 10.2 Å². The fourth-order valence-electron chi connectivity index (χ4n) is 4.73. The maximum Gasteiger partial charge on any atom is 0.270 e. The van der Waals surface area contributed by atoms with E-state index < -0.39 is 69.9 Å². The first-order valence-corrected chi connectivity index (χ1v) is 13.9. The van der Waals surface area contributed by atoms with Crippen molar-refractivity contribution in [2.75, 3.05) is 12.8 Å². The molecular formula is C26H27F5N2O4S. The Bertz CT molecular complexity index is 1340. The highest BCUT2D eigenvalue weighted by molar-refractivity contribution is 7.90. The van der Waals surface area contributed by atoms with E-state index in [9.17, 15) is 40.0 Å². The minimum Gasteiger partial charge on any atom is -0.347 e. The molecule has 12 heteroatoms. The summed E-state index contributed by atoms with van der Waals surface area (Å²) in [6.45, 7) is 0.207. The number of nitrogens with one attached hydrogen (secondary N) is 1. The molecule has 0 spiro atoms. The second-order valence-electron chi connectivity index (χ2n) is 10.1. The van der Waals surface area contributed by atoms with Crippen LogP contribution in [0.2, 0.25) is 0 Å². The average molecular weight is 559 g/mol. The summed E-state index contributed by atoms with van der Waals surface area (Å²) in [4.78, 5) is 27.5. The topological polar surface area (TPSA) is 83.6 Å². The van der Waals surface area contributed by atoms with Crippen LogP contribution in [0.5, 0.6) is 0 Å². The smallest absolute Gasteiger partial charge is 0.270 e. The van der Waals surface area contributed by atoms with E-state index in [1.54, 1.807) is 0 Å². The second kappa shape index (κ2) is 10.3. The van der Waals surface area contributed by atoms with Crippen LogP contribution < -0.4 is 5.32 Å². The lowest BCUT2D eigenvalue weighted by molar-refractivity contribution is -0.125. The van der Waals surface area contributed by atoms with E-state index in [4.69, 9.17) is 0 Å². The molecule has 2 aromatic carbocycles. The van der Waals surface area contributed by atoms with Crippen molar-refractivity contribution in [3.05, 3.63) is 65.0 Å². The third-order valence-electron chi connectivity index (χ3n) is 7.00. The number of carbonyl (C=O) groups excluding carboxylic acids is 2. The third-order valence-corrected chi connectivity index (χ3v) is 8.11. The van der Waals surface area contributed by atoms with Crippen LogP contribution >= 0.6 is 0 Å². The molecule has 0 unspecified atom stereocenters. The maximum atomic E-state index is 14.9. The molecule has 2 aliphatic rings. The van der Waals surface area contributed by atoms with Crippen molar-refractivity contribution in [1.29, 1.82) is 0 Å². The van der Waals surface area contributed by atoms with Gasteiger partial charge in [-0.3, -0.25) is 9.59 Å². The molecular weight excluding hydrogens is 531 g/mol. The molecule has 0 aromatic heterocycles. The van der Waals surface area contributed by atoms with E-state index in [0.717, 1.165) is 23.3 Å². The zero-order valence-electron chi connectivity index (χ0n) is 20.6. The van der Waals surface area contributed by atoms with Crippen molar-refractivity contribution in [3.8, 4) is 0 Å². The Labute approximate surface area is 217 Å². The largest absolute Gasteiger partial charge is 0.347 e. The fraction of sp³-hybridized carbons (Fsp3) is 0.462. The number of nitrogens with zero attached hydrogens (tertiary/aromatic N) is 1. The van der Waals surface area contributed by atoms with Gasteiger partial charge in [-0.05, 0) is 49.4 Å². The summed E-state index contributed by atoms with van der Waals surface area (Å²) in [6, 6.07) is 5.85. The fourth-order valence-corrected chi connectivity index (χ4v) is 5.40. The van der Waals surface area contributed by atoms with Gasteiger partial charge >= 0.3 is 0 Å². The lowest BCUT2D eigenvalue weighted by Gasteiger charge is -2.27. The zero-order chi connectivity index (χ0) is 28.0. The van der Waals surface area contributed by atoms with Gasteiger partial charge in [0.15, 0.2) is 9.84 Å². The molecule has 1 N–H and O–H groups in total. The molecule has 1 aliphatic carbocycles. The van der Waals surface area contributed by atoms with Crippen LogP contribution in [0.3, 0.4) is 0 Å². The van der Waals surface area contributed by atoms with E-state index in [1.807, 2.05) is 0 Å². The quantitative estimate of drug-likeness (QED) is 0.476. The summed E-state index contributed by atoms with van der Waals surface area (Å²) in [7, 11) is -3.65. The first kappa shape index (κ1) is 28.0. The minimum absolute atomic E-state index is 0.00372. The lowest BCUT2D eigenvalue weighted by atomic mass is 9.97. The monoisotopic (exact) mass is 558 g/mol. The van der Waals surface area contributed by atoms with Gasteiger partial charge in [-0.2, -0.15) is 0 Å². The van der Waals surface area contributed by atoms with Crippen molar-refractivity contribution < 1.29 is 40.0 Å². The van der Waals surface area contributed by atoms with Crippen LogP contribution in [0.15, 0.2) is 47.4 Å². The van der Waals surface area contributed by atoms with Crippen LogP contribution in [0.4, 0.5) is 22.0 Å². The Morgan fingerprint density at radius 2 is 1.76 bits per heavy atom. The molecule has 0 radical (unpaired) electrons. The molecule has 2 fully saturated rings. The molecule has 2 amide bonds. The van der Waals surface area contributed by atoms with E-state index >= 15 is 0 Å². The minimum atomic E-state index is -3.65. The molecule has 1 saturated heterocycles. The van der Waals surface area contributed by atoms with Crippen molar-refractivity contribution >= 4 is 21.7 Å². The molecule has 38 heavy (non-hydrogen) atoms. The van der Waals surface area contributed by atoms with Gasteiger partial charge in [-0.25, -0.2) is 30.4 Å². The van der Waals surface area contributed by atoms with Crippen LogP contribution in [0.25, 0.3) is 0 Å². The van der Waals surface area contributed by atoms with Crippen molar-refractivity contribution in [2.24, 2.45) is 11.8 Å². The number of likely N-dealkylation sites (tertiary alicyclic amines) is 1. The van der Waals surface area contributed by atoms with Crippen LogP contribution in [-0.2, 0) is 20.6 Å². The third kappa shape index (κ3) is 6.00. The van der Waals surface area contributed by atoms with Crippen LogP contribution in [0.1, 0.15) is 53.7 Å². The van der Waals surface area contributed by atoms with Crippen LogP contribution in [-0.4, -0.2) is 50.4 Å². The van der Waals surface area contributed by atoms with Gasteiger partial charge in [-0.15, -0.1) is 0 Å². The Hall–Kier alpha value is -3.02. The zero-order valence-corrected chi connectivity index (χ0v) is 21.5. The standard InChI is InChI=1S/C26H27F5N2O4S/c1-26(30,31)17-8-9-19(20(27)12-17)22(14-6-7-14)32-24(34)21-11-16(23(28)29)13-33(21)25(35)15-4-3-5-18(10-15)38(2,36)37/h3-5,8-10,12,14,16,21-23H,6-7,11,13H2,1-2H3,(H,32,34)/t16-,21+,22+/m0/s1. The van der Waals surface area contributed by atoms with E-state index in [-0.39, 0.29) is 28.4 Å². The van der Waals surface area contributed by atoms with E-state index in [2.05, 4.69) is 5.32 Å². The molecule has 1 aliphatic heterocycles. The Kier molecular flexibility index (Phi) is 7.57. The van der Waals surface area contributed by atoms with Crippen LogP contribution in [0, 0.1) is 17.7 Å². The Morgan fingerprint density at radius 1 is 1.08 bits per heavy atom. The summed E-state index contributed by atoms with van der Waals surface area (Å²) in [5.41, 5.74) is -0.610. The number of carbonyl (C=O) groups is 2. The van der Waals surface area contributed by atoms with Gasteiger partial charge in [0, 0.05) is 42.3 Å². The summed E-state index contributed by atoms with van der Waals surface area (Å²) < 4.78 is 93.2. The summed E-state index contributed by atoms with van der Waals surface area (Å²) in [5.74, 6) is -7.23. The second-order valence-corrected chi connectivity index (χ2v) is 12.1. The average Bonchev–Trinajstić information content (AvgIpc) is 3.57. The maximum absolute atomic E-state index is 14.9. The molecule has 1 saturated carbocycles. The number of hydrogen-bond donors (Lipinski definition) is 1. The molecule has 2 aromatic rings. The number of alkyl halides is 4. The summed E-state index contributed by atoms with van der Waals surface area (Å²) >= 11 is 0. The number of halogens is 5. The highest BCUT2D eigenvalue weighted by Gasteiger charge is 2.45. The Balaban J connectivity index is 1.61. The predicted molar refractivity (Wildman–Crippen MR) is 128 cm³/mol. The van der Waals surface area contributed by atoms with Gasteiger partial charge in [0.25, 0.3) is 11.8 Å². The molecule has 3 atom stereocenters. The molecule has 6 nitrogen and oxygen atoms in total. The number of hydrogen-bond acceptors (Lipinski definition) is 4. The number of amides is 2. The normalized spacial score (nSPS) is 21.0. The molecule has 1 heterocycles. The summed E-state index contributed by atoms with van der Waals surface area (Å²) in [5, 5.41) is 2.67. The molecule has 4 rings (SSSR count). The van der Waals surface area contributed by atoms with Gasteiger partial charge < -0.3 is 10.2 Å². The predicted octanol–water partition coefficient (Wildman–Crippen LogP) is 4.70. The van der Waals surface area contributed by atoms with Gasteiger partial charge in [0.2, 0.25) is 12.3 Å². The first-order chi connectivity index (χ1) is 17.7. The van der Waals surface area contributed by atoms with Gasteiger partial charge in [0.05, 0.1) is 10.9 Å². The number of benzene rings is 2. The first-order valence-electron chi connectivity index (χ1n) is 12.0. The van der Waals surface area contributed by atoms with Crippen molar-refractivity contribution in [2.45, 2.75) is 55.5 Å². The highest BCUT2D eigenvalue weighted by Crippen LogP contribution is 2.43. The summed E-state index contributed by atoms with van der Waals surface area (Å²) in [6.07, 6.45) is -0.920. The van der Waals surface area contributed by atoms with E-state index in [1.165, 1.54) is 24.3 Å². The highest BCUT2D eigenvalue weighted by atomic mass is 32.2. The lowest BCUT2D eigenvalue weighted by Crippen LogP contribution is -2.47. The van der Waals surface area contributed by atoms with Gasteiger partial charge in [-0.1, -0.05) is 18.2 Å². The molecule has 206 valence electrons. The van der Waals surface area contributed by atoms with E-state index in [0.29, 0.717) is 25.8 Å². The SMILES string of the molecule is CC(F)(F)c1ccc([C@H](NC(=O)[C@H]2C[C@H](C(F)F)CN2C(=O)c2cccc(S(C)(=O)=O)c2)C2CC2)c(F)c1. The Morgan fingerprint density at radius 3 is 2.32 bits per heavy atom. The molecule has 0 bridgehead atoms. The van der Waals surface area contributed by atoms with Crippen molar-refractivity contribution in [3.63, 3.8) is 0 Å². The number of rotatable bonds is 8.